The first kappa shape index (κ1) is 7.74. The van der Waals surface area contributed by atoms with Crippen LogP contribution in [0.3, 0.4) is 0 Å². The van der Waals surface area contributed by atoms with Gasteiger partial charge in [-0.2, -0.15) is 0 Å². The van der Waals surface area contributed by atoms with Gasteiger partial charge in [-0.05, 0) is 0 Å². The van der Waals surface area contributed by atoms with Crippen LogP contribution in [0.2, 0.25) is 0 Å². The second kappa shape index (κ2) is 3.72. The number of rotatable bonds is 1. The molecule has 0 amide bonds. The van der Waals surface area contributed by atoms with Crippen LogP contribution in [0.15, 0.2) is 30.3 Å². The van der Waals surface area contributed by atoms with Crippen LogP contribution in [0.4, 0.5) is 0 Å². The van der Waals surface area contributed by atoms with Gasteiger partial charge in [-0.1, -0.05) is 0 Å². The normalized spacial score (nSPS) is 11.1. The van der Waals surface area contributed by atoms with E-state index in [4.69, 9.17) is 0 Å². The van der Waals surface area contributed by atoms with Crippen molar-refractivity contribution in [2.24, 2.45) is 0 Å². The summed E-state index contributed by atoms with van der Waals surface area (Å²) >= 11 is 0.0486. The van der Waals surface area contributed by atoms with Crippen molar-refractivity contribution in [3.63, 3.8) is 0 Å². The molecule has 0 N–H and O–H groups in total. The summed E-state index contributed by atoms with van der Waals surface area (Å²) < 4.78 is 11.9. The molecule has 1 aromatic carbocycles. The van der Waals surface area contributed by atoms with Gasteiger partial charge in [0.1, 0.15) is 0 Å². The summed E-state index contributed by atoms with van der Waals surface area (Å²) in [5.41, 5.74) is 0. The molecule has 0 spiro atoms. The molecule has 0 bridgehead atoms. The van der Waals surface area contributed by atoms with Gasteiger partial charge < -0.3 is 0 Å². The molecule has 0 atom stereocenters. The second-order valence-electron chi connectivity index (χ2n) is 1.50. The molecule has 0 saturated heterocycles. The molecule has 1 nitrogen and oxygen atoms in total. The molecule has 0 heterocycles. The summed E-state index contributed by atoms with van der Waals surface area (Å²) in [6.45, 7) is 0. The van der Waals surface area contributed by atoms with E-state index in [0.29, 0.717) is 0 Å². The molecule has 0 aromatic heterocycles. The first-order valence-electron chi connectivity index (χ1n) is 2.40. The Balaban J connectivity index is 2.85. The fourth-order valence-electron chi connectivity index (χ4n) is 0.514. The Morgan fingerprint density at radius 3 is 2.11 bits per heavy atom. The van der Waals surface area contributed by atoms with Crippen LogP contribution >= 0.6 is 34.9 Å². The fourth-order valence-corrected chi connectivity index (χ4v) is 3.32. The quantitative estimate of drug-likeness (QED) is 0.713. The average molecular weight is 347 g/mol. The topological polar surface area (TPSA) is 23.1 Å². The van der Waals surface area contributed by atoms with Gasteiger partial charge in [0.25, 0.3) is 0 Å². The molecule has 0 aliphatic rings. The molecule has 0 unspecified atom stereocenters. The minimum atomic E-state index is -1.96. The van der Waals surface area contributed by atoms with Crippen molar-refractivity contribution < 1.29 is 3.44 Å². The number of hydrogen-bond acceptors (Lipinski definition) is 1. The Hall–Kier alpha value is 0.640. The zero-order chi connectivity index (χ0) is 6.69. The van der Waals surface area contributed by atoms with E-state index < -0.39 is 16.3 Å². The fraction of sp³-hybridized carbons (Fsp3) is 0. The van der Waals surface area contributed by atoms with Crippen molar-refractivity contribution in [3.8, 4) is 0 Å². The van der Waals surface area contributed by atoms with Gasteiger partial charge in [0.05, 0.1) is 0 Å². The van der Waals surface area contributed by atoms with Crippen molar-refractivity contribution in [1.29, 1.82) is 0 Å². The van der Waals surface area contributed by atoms with Gasteiger partial charge in [-0.25, -0.2) is 0 Å². The first-order valence-corrected chi connectivity index (χ1v) is 10.6. The summed E-state index contributed by atoms with van der Waals surface area (Å²) in [6, 6.07) is 9.57. The van der Waals surface area contributed by atoms with Gasteiger partial charge in [-0.15, -0.1) is 0 Å². The summed E-state index contributed by atoms with van der Waals surface area (Å²) in [6.07, 6.45) is 0. The maximum atomic E-state index is 10.9. The van der Waals surface area contributed by atoms with Crippen LogP contribution in [0.1, 0.15) is 0 Å². The minimum absolute atomic E-state index is 1.00. The standard InChI is InChI=1S/C6H5I2O/c7-8(9)6-4-2-1-3-5-6/h1-5H/q-1. The van der Waals surface area contributed by atoms with E-state index in [0.717, 1.165) is 3.57 Å². The van der Waals surface area contributed by atoms with E-state index in [-0.39, 0.29) is 0 Å². The Morgan fingerprint density at radius 2 is 1.78 bits per heavy atom. The van der Waals surface area contributed by atoms with E-state index in [2.05, 4.69) is 0 Å². The third-order valence-corrected chi connectivity index (χ3v) is 5.76. The molecule has 0 radical (unpaired) electrons. The van der Waals surface area contributed by atoms with Crippen LogP contribution in [0, 0.1) is 3.57 Å². The van der Waals surface area contributed by atoms with Gasteiger partial charge in [0.15, 0.2) is 0 Å². The molecular weight excluding hydrogens is 342 g/mol. The molecule has 0 fully saturated rings. The van der Waals surface area contributed by atoms with Crippen LogP contribution < -0.4 is 3.44 Å². The summed E-state index contributed by atoms with van der Waals surface area (Å²) in [4.78, 5) is 0. The molecule has 1 aromatic rings. The second-order valence-corrected chi connectivity index (χ2v) is 8.90. The van der Waals surface area contributed by atoms with E-state index in [9.17, 15) is 3.44 Å². The Morgan fingerprint density at radius 1 is 1.22 bits per heavy atom. The molecular formula is C6H5I2O-. The third-order valence-electron chi connectivity index (χ3n) is 0.905. The number of hydrogen-bond donors (Lipinski definition) is 0. The first-order chi connectivity index (χ1) is 4.30. The zero-order valence-corrected chi connectivity index (χ0v) is 8.87. The molecule has 0 aliphatic heterocycles. The van der Waals surface area contributed by atoms with Gasteiger partial charge in [0.2, 0.25) is 0 Å². The summed E-state index contributed by atoms with van der Waals surface area (Å²) in [5, 5.41) is 0. The van der Waals surface area contributed by atoms with Crippen LogP contribution in [-0.4, -0.2) is 0 Å². The Labute approximate surface area is 71.6 Å². The maximum absolute atomic E-state index is 10.9. The molecule has 0 saturated carbocycles. The molecule has 1 rings (SSSR count). The van der Waals surface area contributed by atoms with Gasteiger partial charge >= 0.3 is 72.2 Å². The van der Waals surface area contributed by atoms with E-state index >= 15 is 0 Å². The average Bonchev–Trinajstić information content (AvgIpc) is 1.90. The van der Waals surface area contributed by atoms with Crippen molar-refractivity contribution in [1.82, 2.24) is 0 Å². The monoisotopic (exact) mass is 347 g/mol. The molecule has 9 heavy (non-hydrogen) atoms. The van der Waals surface area contributed by atoms with Crippen molar-refractivity contribution in [3.05, 3.63) is 33.9 Å². The number of halogens is 2. The Kier molecular flexibility index (Phi) is 3.20. The Bertz CT molecular complexity index is 174. The van der Waals surface area contributed by atoms with Crippen LogP contribution in [0.25, 0.3) is 0 Å². The van der Waals surface area contributed by atoms with E-state index in [1.807, 2.05) is 48.9 Å². The predicted octanol–water partition coefficient (Wildman–Crippen LogP) is 1.99. The predicted molar refractivity (Wildman–Crippen MR) is 53.2 cm³/mol. The molecule has 0 aliphatic carbocycles. The zero-order valence-electron chi connectivity index (χ0n) is 4.55. The van der Waals surface area contributed by atoms with Gasteiger partial charge in [-0.3, -0.25) is 0 Å². The van der Waals surface area contributed by atoms with Crippen molar-refractivity contribution in [2.75, 3.05) is 0 Å². The van der Waals surface area contributed by atoms with Crippen molar-refractivity contribution in [2.45, 2.75) is 0 Å². The number of benzene rings is 1. The third kappa shape index (κ3) is 2.38. The van der Waals surface area contributed by atoms with E-state index in [1.54, 1.807) is 0 Å². The molecule has 50 valence electrons. The molecule has 3 heteroatoms. The van der Waals surface area contributed by atoms with E-state index in [1.165, 1.54) is 0 Å². The van der Waals surface area contributed by atoms with Crippen molar-refractivity contribution >= 4 is 34.9 Å². The SMILES string of the molecule is [O-]I(I)c1ccccc1. The summed E-state index contributed by atoms with van der Waals surface area (Å²) in [5.74, 6) is 0. The summed E-state index contributed by atoms with van der Waals surface area (Å²) in [7, 11) is 0. The van der Waals surface area contributed by atoms with Crippen LogP contribution in [-0.2, 0) is 0 Å². The van der Waals surface area contributed by atoms with Gasteiger partial charge in [0, 0.05) is 0 Å². The van der Waals surface area contributed by atoms with Crippen LogP contribution in [0.5, 0.6) is 0 Å².